The Labute approximate surface area is 88.7 Å². The van der Waals surface area contributed by atoms with Gasteiger partial charge in [0.1, 0.15) is 0 Å². The van der Waals surface area contributed by atoms with E-state index in [0.717, 1.165) is 32.4 Å². The first-order valence-corrected chi connectivity index (χ1v) is 5.79. The van der Waals surface area contributed by atoms with Gasteiger partial charge in [-0.25, -0.2) is 0 Å². The Morgan fingerprint density at radius 2 is 1.50 bits per heavy atom. The zero-order valence-electron chi connectivity index (χ0n) is 10.4. The topological polar surface area (TPSA) is 20.3 Å². The van der Waals surface area contributed by atoms with E-state index >= 15 is 0 Å². The van der Waals surface area contributed by atoms with Gasteiger partial charge in [0.2, 0.25) is 5.91 Å². The van der Waals surface area contributed by atoms with Crippen molar-refractivity contribution >= 4 is 5.91 Å². The normalized spacial score (nSPS) is 11.5. The summed E-state index contributed by atoms with van der Waals surface area (Å²) in [7, 11) is 0. The van der Waals surface area contributed by atoms with Crippen LogP contribution in [0.15, 0.2) is 0 Å². The van der Waals surface area contributed by atoms with Gasteiger partial charge in [-0.15, -0.1) is 0 Å². The van der Waals surface area contributed by atoms with Gasteiger partial charge in [0.05, 0.1) is 0 Å². The van der Waals surface area contributed by atoms with E-state index in [1.54, 1.807) is 0 Å². The van der Waals surface area contributed by atoms with Crippen LogP contribution in [-0.4, -0.2) is 23.9 Å². The van der Waals surface area contributed by atoms with Gasteiger partial charge in [0, 0.05) is 18.5 Å². The van der Waals surface area contributed by atoms with Crippen LogP contribution in [0.4, 0.5) is 0 Å². The molecule has 0 N–H and O–H groups in total. The van der Waals surface area contributed by atoms with Crippen molar-refractivity contribution in [3.63, 3.8) is 0 Å². The van der Waals surface area contributed by atoms with Crippen LogP contribution in [0.5, 0.6) is 0 Å². The van der Waals surface area contributed by atoms with Crippen LogP contribution in [-0.2, 0) is 4.79 Å². The Bertz CT molecular complexity index is 169. The molecule has 0 saturated heterocycles. The van der Waals surface area contributed by atoms with Gasteiger partial charge in [-0.05, 0) is 19.3 Å². The molecule has 0 unspecified atom stereocenters. The number of hydrogen-bond donors (Lipinski definition) is 0. The average Bonchev–Trinajstić information content (AvgIpc) is 2.16. The van der Waals surface area contributed by atoms with Crippen molar-refractivity contribution in [3.05, 3.63) is 0 Å². The largest absolute Gasteiger partial charge is 0.342 e. The van der Waals surface area contributed by atoms with Crippen LogP contribution in [0, 0.1) is 5.41 Å². The molecular formula is C12H25NO. The predicted octanol–water partition coefficient (Wildman–Crippen LogP) is 3.07. The maximum atomic E-state index is 12.1. The molecule has 0 saturated carbocycles. The summed E-state index contributed by atoms with van der Waals surface area (Å²) in [6.07, 6.45) is 3.01. The lowest BCUT2D eigenvalue weighted by Gasteiger charge is -2.30. The summed E-state index contributed by atoms with van der Waals surface area (Å²) < 4.78 is 0. The molecule has 84 valence electrons. The maximum absolute atomic E-state index is 12.1. The zero-order valence-corrected chi connectivity index (χ0v) is 10.4. The Kier molecular flexibility index (Phi) is 5.82. The van der Waals surface area contributed by atoms with Crippen molar-refractivity contribution in [2.24, 2.45) is 5.41 Å². The molecule has 0 aromatic carbocycles. The van der Waals surface area contributed by atoms with Crippen molar-refractivity contribution < 1.29 is 4.79 Å². The van der Waals surface area contributed by atoms with Crippen molar-refractivity contribution in [2.75, 3.05) is 13.1 Å². The summed E-state index contributed by atoms with van der Waals surface area (Å²) in [5.41, 5.74) is -0.190. The summed E-state index contributed by atoms with van der Waals surface area (Å²) in [5.74, 6) is 0.309. The Balaban J connectivity index is 4.41. The molecule has 2 nitrogen and oxygen atoms in total. The van der Waals surface area contributed by atoms with Gasteiger partial charge in [0.15, 0.2) is 0 Å². The second-order valence-electron chi connectivity index (χ2n) is 4.53. The first-order chi connectivity index (χ1) is 6.49. The molecule has 0 aliphatic carbocycles. The number of carbonyl (C=O) groups is 1. The highest BCUT2D eigenvalue weighted by molar-refractivity contribution is 5.81. The van der Waals surface area contributed by atoms with Gasteiger partial charge in [-0.2, -0.15) is 0 Å². The van der Waals surface area contributed by atoms with Gasteiger partial charge in [-0.1, -0.05) is 34.6 Å². The Morgan fingerprint density at radius 1 is 1.07 bits per heavy atom. The summed E-state index contributed by atoms with van der Waals surface area (Å²) >= 11 is 0. The van der Waals surface area contributed by atoms with Crippen molar-refractivity contribution in [3.8, 4) is 0 Å². The van der Waals surface area contributed by atoms with Crippen molar-refractivity contribution in [1.82, 2.24) is 4.90 Å². The Morgan fingerprint density at radius 3 is 1.79 bits per heavy atom. The summed E-state index contributed by atoms with van der Waals surface area (Å²) in [6.45, 7) is 12.2. The van der Waals surface area contributed by atoms with E-state index in [4.69, 9.17) is 0 Å². The molecule has 0 atom stereocenters. The minimum Gasteiger partial charge on any atom is -0.342 e. The summed E-state index contributed by atoms with van der Waals surface area (Å²) in [4.78, 5) is 14.1. The van der Waals surface area contributed by atoms with Crippen LogP contribution in [0.2, 0.25) is 0 Å². The zero-order chi connectivity index (χ0) is 11.2. The van der Waals surface area contributed by atoms with E-state index in [1.165, 1.54) is 0 Å². The lowest BCUT2D eigenvalue weighted by molar-refractivity contribution is -0.140. The van der Waals surface area contributed by atoms with E-state index in [2.05, 4.69) is 20.8 Å². The molecule has 0 fully saturated rings. The smallest absolute Gasteiger partial charge is 0.228 e. The van der Waals surface area contributed by atoms with Crippen LogP contribution in [0.1, 0.15) is 53.9 Å². The lowest BCUT2D eigenvalue weighted by atomic mass is 9.88. The number of nitrogens with zero attached hydrogens (tertiary/aromatic N) is 1. The van der Waals surface area contributed by atoms with E-state index in [1.807, 2.05) is 18.7 Å². The van der Waals surface area contributed by atoms with Gasteiger partial charge in [0.25, 0.3) is 0 Å². The molecule has 1 amide bonds. The third-order valence-corrected chi connectivity index (χ3v) is 2.74. The number of amides is 1. The summed E-state index contributed by atoms with van der Waals surface area (Å²) in [6, 6.07) is 0. The minimum atomic E-state index is -0.190. The number of rotatable bonds is 6. The molecule has 14 heavy (non-hydrogen) atoms. The highest BCUT2D eigenvalue weighted by Crippen LogP contribution is 2.23. The van der Waals surface area contributed by atoms with Gasteiger partial charge < -0.3 is 4.90 Å². The first-order valence-electron chi connectivity index (χ1n) is 5.79. The van der Waals surface area contributed by atoms with Crippen molar-refractivity contribution in [1.29, 1.82) is 0 Å². The second kappa shape index (κ2) is 6.05. The molecule has 0 spiro atoms. The van der Waals surface area contributed by atoms with Gasteiger partial charge >= 0.3 is 0 Å². The SMILES string of the molecule is CCCN(CCC)C(=O)C(C)(C)CC. The molecule has 2 heteroatoms. The summed E-state index contributed by atoms with van der Waals surface area (Å²) in [5, 5.41) is 0. The standard InChI is InChI=1S/C12H25NO/c1-6-9-13(10-7-2)11(14)12(4,5)8-3/h6-10H2,1-5H3. The minimum absolute atomic E-state index is 0.190. The molecule has 0 aliphatic rings. The number of carbonyl (C=O) groups excluding carboxylic acids is 1. The first kappa shape index (κ1) is 13.5. The third kappa shape index (κ3) is 3.69. The quantitative estimate of drug-likeness (QED) is 0.644. The highest BCUT2D eigenvalue weighted by atomic mass is 16.2. The molecule has 0 heterocycles. The molecule has 0 aromatic rings. The second-order valence-corrected chi connectivity index (χ2v) is 4.53. The molecule has 0 bridgehead atoms. The fraction of sp³-hybridized carbons (Fsp3) is 0.917. The predicted molar refractivity (Wildman–Crippen MR) is 61.2 cm³/mol. The van der Waals surface area contributed by atoms with E-state index in [0.29, 0.717) is 5.91 Å². The van der Waals surface area contributed by atoms with Crippen LogP contribution in [0.3, 0.4) is 0 Å². The van der Waals surface area contributed by atoms with Gasteiger partial charge in [-0.3, -0.25) is 4.79 Å². The fourth-order valence-corrected chi connectivity index (χ4v) is 1.43. The molecule has 0 aliphatic heterocycles. The number of hydrogen-bond acceptors (Lipinski definition) is 1. The molecule has 0 aromatic heterocycles. The van der Waals surface area contributed by atoms with E-state index in [9.17, 15) is 4.79 Å². The maximum Gasteiger partial charge on any atom is 0.228 e. The molecular weight excluding hydrogens is 174 g/mol. The van der Waals surface area contributed by atoms with Crippen LogP contribution < -0.4 is 0 Å². The van der Waals surface area contributed by atoms with Crippen LogP contribution >= 0.6 is 0 Å². The Hall–Kier alpha value is -0.530. The van der Waals surface area contributed by atoms with Crippen LogP contribution in [0.25, 0.3) is 0 Å². The molecule has 0 radical (unpaired) electrons. The highest BCUT2D eigenvalue weighted by Gasteiger charge is 2.29. The fourth-order valence-electron chi connectivity index (χ4n) is 1.43. The average molecular weight is 199 g/mol. The third-order valence-electron chi connectivity index (χ3n) is 2.74. The van der Waals surface area contributed by atoms with Crippen molar-refractivity contribution in [2.45, 2.75) is 53.9 Å². The molecule has 0 rings (SSSR count). The monoisotopic (exact) mass is 199 g/mol. The van der Waals surface area contributed by atoms with E-state index in [-0.39, 0.29) is 5.41 Å². The van der Waals surface area contributed by atoms with E-state index < -0.39 is 0 Å². The lowest BCUT2D eigenvalue weighted by Crippen LogP contribution is -2.41.